The third-order valence-electron chi connectivity index (χ3n) is 8.52. The van der Waals surface area contributed by atoms with Crippen molar-refractivity contribution in [1.29, 1.82) is 0 Å². The van der Waals surface area contributed by atoms with Crippen molar-refractivity contribution < 1.29 is 23.2 Å². The number of carbonyl (C=O) groups is 1. The molecule has 44 heavy (non-hydrogen) atoms. The molecule has 0 radical (unpaired) electrons. The highest BCUT2D eigenvalue weighted by atomic mass is 32.2. The summed E-state index contributed by atoms with van der Waals surface area (Å²) >= 11 is 0. The second-order valence-electron chi connectivity index (χ2n) is 11.5. The van der Waals surface area contributed by atoms with Crippen LogP contribution < -0.4 is 5.11 Å². The predicted molar refractivity (Wildman–Crippen MR) is 167 cm³/mol. The summed E-state index contributed by atoms with van der Waals surface area (Å²) in [5.74, 6) is 0.574. The molecular weight excluding hydrogens is 580 g/mol. The highest BCUT2D eigenvalue weighted by Gasteiger charge is 2.26. The molecule has 4 rings (SSSR count). The number of sulfonamides is 1. The van der Waals surface area contributed by atoms with Gasteiger partial charge in [0.05, 0.1) is 9.82 Å². The first kappa shape index (κ1) is 33.1. The zero-order chi connectivity index (χ0) is 31.5. The van der Waals surface area contributed by atoms with Crippen LogP contribution in [0.3, 0.4) is 0 Å². The van der Waals surface area contributed by atoms with Crippen molar-refractivity contribution in [2.24, 2.45) is 5.92 Å². The van der Waals surface area contributed by atoms with Gasteiger partial charge in [0.15, 0.2) is 0 Å². The maximum absolute atomic E-state index is 13.2. The second kappa shape index (κ2) is 15.8. The van der Waals surface area contributed by atoms with Crippen molar-refractivity contribution in [1.82, 2.24) is 14.1 Å². The van der Waals surface area contributed by atoms with Gasteiger partial charge in [-0.25, -0.2) is 12.7 Å². The van der Waals surface area contributed by atoms with Crippen molar-refractivity contribution in [3.05, 3.63) is 106 Å². The highest BCUT2D eigenvalue weighted by molar-refractivity contribution is 7.89. The van der Waals surface area contributed by atoms with Gasteiger partial charge in [-0.3, -0.25) is 10.1 Å². The van der Waals surface area contributed by atoms with Crippen LogP contribution in [0.25, 0.3) is 0 Å². The minimum Gasteiger partial charge on any atom is -0.530 e. The van der Waals surface area contributed by atoms with Gasteiger partial charge in [0.25, 0.3) is 5.69 Å². The first-order chi connectivity index (χ1) is 21.1. The fraction of sp³-hybridized carbons (Fsp3) is 0.424. The Morgan fingerprint density at radius 3 is 2.18 bits per heavy atom. The van der Waals surface area contributed by atoms with Gasteiger partial charge in [0, 0.05) is 38.8 Å². The standard InChI is InChI=1S/C33H42N4O6S/c1-34(44(42,43)32-12-6-3-7-13-32)26-30(29-10-4-2-5-11-29)20-24-35-22-18-27(19-23-35)9-8-21-36(33(38)39)25-28-14-16-31(17-15-28)37(40)41/h2-7,10-17,27,30H,8-9,18-26H2,1H3,(H,38,39)/p-1/t30-/m1/s1. The molecule has 236 valence electrons. The molecule has 0 saturated carbocycles. The number of piperidine rings is 1. The van der Waals surface area contributed by atoms with E-state index >= 15 is 0 Å². The van der Waals surface area contributed by atoms with Crippen LogP contribution in [0, 0.1) is 16.0 Å². The molecule has 0 N–H and O–H groups in total. The van der Waals surface area contributed by atoms with Gasteiger partial charge in [-0.05, 0) is 86.8 Å². The van der Waals surface area contributed by atoms with Crippen LogP contribution in [0.1, 0.15) is 49.1 Å². The Morgan fingerprint density at radius 1 is 0.977 bits per heavy atom. The molecule has 0 aromatic heterocycles. The van der Waals surface area contributed by atoms with Gasteiger partial charge < -0.3 is 19.7 Å². The van der Waals surface area contributed by atoms with E-state index in [2.05, 4.69) is 17.0 Å². The number of non-ortho nitro benzene ring substituents is 1. The highest BCUT2D eigenvalue weighted by Crippen LogP contribution is 2.27. The fourth-order valence-corrected chi connectivity index (χ4v) is 7.09. The van der Waals surface area contributed by atoms with E-state index in [0.29, 0.717) is 29.5 Å². The monoisotopic (exact) mass is 621 g/mol. The van der Waals surface area contributed by atoms with Crippen LogP contribution in [0.4, 0.5) is 10.5 Å². The van der Waals surface area contributed by atoms with E-state index in [1.54, 1.807) is 43.4 Å². The van der Waals surface area contributed by atoms with Crippen molar-refractivity contribution in [3.8, 4) is 0 Å². The number of carboxylic acid groups (broad SMARTS) is 1. The van der Waals surface area contributed by atoms with E-state index in [9.17, 15) is 28.4 Å². The van der Waals surface area contributed by atoms with Gasteiger partial charge in [0.1, 0.15) is 6.09 Å². The predicted octanol–water partition coefficient (Wildman–Crippen LogP) is 4.73. The summed E-state index contributed by atoms with van der Waals surface area (Å²) in [5.41, 5.74) is 1.79. The lowest BCUT2D eigenvalue weighted by Crippen LogP contribution is -2.41. The molecule has 0 aliphatic carbocycles. The zero-order valence-corrected chi connectivity index (χ0v) is 26.0. The van der Waals surface area contributed by atoms with Crippen molar-refractivity contribution >= 4 is 21.8 Å². The smallest absolute Gasteiger partial charge is 0.269 e. The number of benzene rings is 3. The number of carbonyl (C=O) groups excluding carboxylic acids is 1. The van der Waals surface area contributed by atoms with E-state index in [-0.39, 0.29) is 18.2 Å². The summed E-state index contributed by atoms with van der Waals surface area (Å²) in [5, 5.41) is 22.6. The average molecular weight is 622 g/mol. The fourth-order valence-electron chi connectivity index (χ4n) is 5.86. The quantitative estimate of drug-likeness (QED) is 0.177. The Labute approximate surface area is 260 Å². The summed E-state index contributed by atoms with van der Waals surface area (Å²) in [6, 6.07) is 24.5. The van der Waals surface area contributed by atoms with Crippen LogP contribution in [0.15, 0.2) is 89.8 Å². The van der Waals surface area contributed by atoms with Crippen LogP contribution in [0.5, 0.6) is 0 Å². The molecule has 0 unspecified atom stereocenters. The van der Waals surface area contributed by atoms with Crippen LogP contribution in [-0.2, 0) is 16.6 Å². The molecule has 0 bridgehead atoms. The maximum atomic E-state index is 13.2. The molecule has 10 nitrogen and oxygen atoms in total. The molecule has 1 heterocycles. The number of likely N-dealkylation sites (tertiary alicyclic amines) is 1. The number of amides is 1. The number of likely N-dealkylation sites (N-methyl/N-ethyl adjacent to an activating group) is 1. The van der Waals surface area contributed by atoms with Gasteiger partial charge in [0.2, 0.25) is 10.0 Å². The van der Waals surface area contributed by atoms with Crippen LogP contribution in [0.2, 0.25) is 0 Å². The Kier molecular flexibility index (Phi) is 11.9. The van der Waals surface area contributed by atoms with Crippen LogP contribution >= 0.6 is 0 Å². The molecular formula is C33H41N4O6S-. The minimum absolute atomic E-state index is 0.0287. The number of nitrogens with zero attached hydrogens (tertiary/aromatic N) is 4. The number of hydrogen-bond donors (Lipinski definition) is 0. The molecule has 1 fully saturated rings. The Bertz CT molecular complexity index is 1450. The molecule has 1 atom stereocenters. The van der Waals surface area contributed by atoms with Gasteiger partial charge in [-0.15, -0.1) is 0 Å². The minimum atomic E-state index is -3.58. The zero-order valence-electron chi connectivity index (χ0n) is 25.2. The van der Waals surface area contributed by atoms with E-state index in [4.69, 9.17) is 0 Å². The number of rotatable bonds is 15. The maximum Gasteiger partial charge on any atom is 0.269 e. The molecule has 3 aromatic carbocycles. The second-order valence-corrected chi connectivity index (χ2v) is 13.6. The van der Waals surface area contributed by atoms with E-state index < -0.39 is 21.0 Å². The molecule has 3 aromatic rings. The van der Waals surface area contributed by atoms with Gasteiger partial charge >= 0.3 is 0 Å². The topological polar surface area (TPSA) is 127 Å². The van der Waals surface area contributed by atoms with E-state index in [1.165, 1.54) is 21.3 Å². The van der Waals surface area contributed by atoms with Crippen molar-refractivity contribution in [2.45, 2.75) is 49.5 Å². The number of nitro groups is 1. The molecule has 1 amide bonds. The summed E-state index contributed by atoms with van der Waals surface area (Å²) in [6.07, 6.45) is 3.31. The molecule has 1 aliphatic rings. The van der Waals surface area contributed by atoms with Crippen LogP contribution in [-0.4, -0.2) is 73.3 Å². The normalized spacial score (nSPS) is 15.2. The lowest BCUT2D eigenvalue weighted by molar-refractivity contribution is -0.384. The van der Waals surface area contributed by atoms with E-state index in [0.717, 1.165) is 57.3 Å². The van der Waals surface area contributed by atoms with Gasteiger partial charge in [-0.1, -0.05) is 60.7 Å². The molecule has 1 aliphatic heterocycles. The molecule has 0 spiro atoms. The first-order valence-corrected chi connectivity index (χ1v) is 16.6. The SMILES string of the molecule is CN(C[C@@H](CCN1CCC(CCCN(Cc2ccc([N+](=O)[O-])cc2)C(=O)[O-])CC1)c1ccccc1)S(=O)(=O)c1ccccc1. The summed E-state index contributed by atoms with van der Waals surface area (Å²) in [4.78, 5) is 26.1. The van der Waals surface area contributed by atoms with Crippen molar-refractivity contribution in [3.63, 3.8) is 0 Å². The van der Waals surface area contributed by atoms with Crippen molar-refractivity contribution in [2.75, 3.05) is 39.8 Å². The summed E-state index contributed by atoms with van der Waals surface area (Å²) < 4.78 is 27.8. The lowest BCUT2D eigenvalue weighted by Gasteiger charge is -2.34. The first-order valence-electron chi connectivity index (χ1n) is 15.1. The molecule has 11 heteroatoms. The largest absolute Gasteiger partial charge is 0.530 e. The lowest BCUT2D eigenvalue weighted by atomic mass is 9.91. The van der Waals surface area contributed by atoms with Gasteiger partial charge in [-0.2, -0.15) is 0 Å². The Morgan fingerprint density at radius 2 is 1.59 bits per heavy atom. The average Bonchev–Trinajstić information content (AvgIpc) is 3.04. The third-order valence-corrected chi connectivity index (χ3v) is 10.4. The summed E-state index contributed by atoms with van der Waals surface area (Å²) in [6.45, 7) is 3.68. The number of nitro benzene ring substituents is 1. The molecule has 1 saturated heterocycles. The Hall–Kier alpha value is -3.80. The summed E-state index contributed by atoms with van der Waals surface area (Å²) in [7, 11) is -1.93. The Balaban J connectivity index is 1.24. The van der Waals surface area contributed by atoms with E-state index in [1.807, 2.05) is 24.3 Å². The number of hydrogen-bond acceptors (Lipinski definition) is 7. The third kappa shape index (κ3) is 9.35.